The third kappa shape index (κ3) is 2.81. The van der Waals surface area contributed by atoms with Crippen LogP contribution in [0, 0.1) is 5.82 Å². The van der Waals surface area contributed by atoms with E-state index in [0.29, 0.717) is 12.1 Å². The number of hydrogen-bond acceptors (Lipinski definition) is 3. The van der Waals surface area contributed by atoms with Gasteiger partial charge in [-0.05, 0) is 66.6 Å². The third-order valence-electron chi connectivity index (χ3n) is 5.86. The van der Waals surface area contributed by atoms with E-state index < -0.39 is 5.72 Å². The standard InChI is InChI=1S/C24H22FN2O2/c1-29-21-13-11-20(12-14-21)26-16-24(28,18-7-9-19(25)10-8-18)27-22-5-3-2-4-17(22)6-15-23(26)27/h2-5,7-14,28H,6,15-16H2,1H3/q+1/t24-/m1/s1. The Balaban J connectivity index is 1.68. The van der Waals surface area contributed by atoms with Gasteiger partial charge in [-0.2, -0.15) is 4.58 Å². The summed E-state index contributed by atoms with van der Waals surface area (Å²) in [5.74, 6) is 1.52. The van der Waals surface area contributed by atoms with Gasteiger partial charge >= 0.3 is 0 Å². The number of ether oxygens (including phenoxy) is 1. The van der Waals surface area contributed by atoms with E-state index in [1.54, 1.807) is 19.2 Å². The molecule has 29 heavy (non-hydrogen) atoms. The largest absolute Gasteiger partial charge is 0.497 e. The van der Waals surface area contributed by atoms with Crippen LogP contribution >= 0.6 is 0 Å². The van der Waals surface area contributed by atoms with E-state index in [9.17, 15) is 9.50 Å². The number of nitrogens with zero attached hydrogens (tertiary/aromatic N) is 2. The molecule has 0 unspecified atom stereocenters. The van der Waals surface area contributed by atoms with Crippen LogP contribution in [0.2, 0.25) is 0 Å². The molecule has 4 nitrogen and oxygen atoms in total. The van der Waals surface area contributed by atoms with E-state index in [1.807, 2.05) is 47.0 Å². The predicted molar refractivity (Wildman–Crippen MR) is 110 cm³/mol. The van der Waals surface area contributed by atoms with Crippen LogP contribution in [-0.2, 0) is 12.1 Å². The van der Waals surface area contributed by atoms with Crippen LogP contribution in [0.25, 0.3) is 0 Å². The predicted octanol–water partition coefficient (Wildman–Crippen LogP) is 4.19. The Morgan fingerprint density at radius 2 is 1.69 bits per heavy atom. The number of hydrogen-bond donors (Lipinski definition) is 1. The number of β-amino-alcohol motifs (C(OH)–C–C–N with tert-alkyl or cyclic N) is 1. The zero-order valence-electron chi connectivity index (χ0n) is 16.2. The Labute approximate surface area is 169 Å². The highest BCUT2D eigenvalue weighted by Crippen LogP contribution is 2.42. The quantitative estimate of drug-likeness (QED) is 0.683. The Morgan fingerprint density at radius 1 is 0.966 bits per heavy atom. The van der Waals surface area contributed by atoms with Crippen molar-refractivity contribution in [1.82, 2.24) is 0 Å². The number of methoxy groups -OCH3 is 1. The maximum absolute atomic E-state index is 13.6. The maximum atomic E-state index is 13.6. The molecule has 0 aromatic heterocycles. The molecule has 0 bridgehead atoms. The Morgan fingerprint density at radius 3 is 2.41 bits per heavy atom. The van der Waals surface area contributed by atoms with Crippen LogP contribution in [0.5, 0.6) is 5.75 Å². The summed E-state index contributed by atoms with van der Waals surface area (Å²) in [6.07, 6.45) is 1.72. The average Bonchev–Trinajstić information content (AvgIpc) is 3.08. The van der Waals surface area contributed by atoms with Crippen molar-refractivity contribution in [3.05, 3.63) is 89.7 Å². The molecular weight excluding hydrogens is 367 g/mol. The Kier molecular flexibility index (Phi) is 4.14. The van der Waals surface area contributed by atoms with Gasteiger partial charge < -0.3 is 9.84 Å². The second kappa shape index (κ2) is 6.71. The summed E-state index contributed by atoms with van der Waals surface area (Å²) in [6, 6.07) is 22.1. The fraction of sp³-hybridized carbons (Fsp3) is 0.208. The summed E-state index contributed by atoms with van der Waals surface area (Å²) in [5, 5.41) is 11.9. The van der Waals surface area contributed by atoms with E-state index in [1.165, 1.54) is 17.7 Å². The van der Waals surface area contributed by atoms with Crippen LogP contribution in [-0.4, -0.2) is 29.2 Å². The lowest BCUT2D eigenvalue weighted by Crippen LogP contribution is -2.39. The second-order valence-corrected chi connectivity index (χ2v) is 7.49. The van der Waals surface area contributed by atoms with Crippen molar-refractivity contribution in [1.29, 1.82) is 0 Å². The fourth-order valence-corrected chi connectivity index (χ4v) is 4.43. The number of aryl methyl sites for hydroxylation is 1. The first-order valence-electron chi connectivity index (χ1n) is 9.74. The van der Waals surface area contributed by atoms with Crippen LogP contribution in [0.4, 0.5) is 15.8 Å². The summed E-state index contributed by atoms with van der Waals surface area (Å²) in [6.45, 7) is 0.356. The van der Waals surface area contributed by atoms with Crippen LogP contribution in [0.3, 0.4) is 0 Å². The van der Waals surface area contributed by atoms with Crippen molar-refractivity contribution >= 4 is 17.2 Å². The molecule has 5 rings (SSSR count). The monoisotopic (exact) mass is 389 g/mol. The van der Waals surface area contributed by atoms with Crippen molar-refractivity contribution in [3.8, 4) is 5.75 Å². The molecule has 2 aliphatic heterocycles. The van der Waals surface area contributed by atoms with Crippen molar-refractivity contribution in [2.75, 3.05) is 18.6 Å². The van der Waals surface area contributed by atoms with Gasteiger partial charge in [-0.25, -0.2) is 9.29 Å². The SMILES string of the molecule is COc1ccc(N2C[C@@](O)(c3ccc(F)cc3)[N+]3=C2CCc2ccccc23)cc1. The first kappa shape index (κ1) is 17.9. The first-order valence-corrected chi connectivity index (χ1v) is 9.74. The first-order chi connectivity index (χ1) is 14.1. The van der Waals surface area contributed by atoms with Crippen LogP contribution in [0.1, 0.15) is 17.5 Å². The van der Waals surface area contributed by atoms with Crippen molar-refractivity contribution in [2.45, 2.75) is 18.6 Å². The number of amidine groups is 1. The minimum absolute atomic E-state index is 0.314. The van der Waals surface area contributed by atoms with Crippen LogP contribution < -0.4 is 9.64 Å². The highest BCUT2D eigenvalue weighted by Gasteiger charge is 2.54. The molecule has 5 heteroatoms. The van der Waals surface area contributed by atoms with Crippen molar-refractivity contribution < 1.29 is 18.8 Å². The zero-order chi connectivity index (χ0) is 20.0. The van der Waals surface area contributed by atoms with Gasteiger partial charge in [-0.15, -0.1) is 0 Å². The number of halogens is 1. The smallest absolute Gasteiger partial charge is 0.275 e. The summed E-state index contributed by atoms with van der Waals surface area (Å²) in [4.78, 5) is 2.15. The molecular formula is C24H22FN2O2+. The lowest BCUT2D eigenvalue weighted by molar-refractivity contribution is -0.594. The number of rotatable bonds is 3. The number of benzene rings is 3. The minimum atomic E-state index is -1.29. The molecule has 3 aromatic rings. The minimum Gasteiger partial charge on any atom is -0.497 e. The van der Waals surface area contributed by atoms with Gasteiger partial charge in [0.15, 0.2) is 6.54 Å². The molecule has 3 aromatic carbocycles. The Hall–Kier alpha value is -3.18. The van der Waals surface area contributed by atoms with E-state index in [4.69, 9.17) is 4.74 Å². The summed E-state index contributed by atoms with van der Waals surface area (Å²) in [7, 11) is 1.65. The Bertz CT molecular complexity index is 1090. The van der Waals surface area contributed by atoms with Gasteiger partial charge in [0, 0.05) is 5.56 Å². The van der Waals surface area contributed by atoms with Crippen LogP contribution in [0.15, 0.2) is 72.8 Å². The van der Waals surface area contributed by atoms with Gasteiger partial charge in [0.1, 0.15) is 22.9 Å². The maximum Gasteiger partial charge on any atom is 0.275 e. The normalized spacial score (nSPS) is 20.4. The van der Waals surface area contributed by atoms with E-state index >= 15 is 0 Å². The lowest BCUT2D eigenvalue weighted by Gasteiger charge is -2.25. The van der Waals surface area contributed by atoms with Gasteiger partial charge in [0.05, 0.1) is 13.5 Å². The molecule has 1 atom stereocenters. The number of anilines is 1. The molecule has 0 amide bonds. The highest BCUT2D eigenvalue weighted by atomic mass is 19.1. The van der Waals surface area contributed by atoms with Gasteiger partial charge in [-0.1, -0.05) is 18.2 Å². The average molecular weight is 389 g/mol. The molecule has 0 saturated carbocycles. The van der Waals surface area contributed by atoms with E-state index in [0.717, 1.165) is 35.8 Å². The van der Waals surface area contributed by atoms with Gasteiger partial charge in [0.25, 0.3) is 11.6 Å². The topological polar surface area (TPSA) is 35.7 Å². The molecule has 2 heterocycles. The van der Waals surface area contributed by atoms with Gasteiger partial charge in [-0.3, -0.25) is 0 Å². The van der Waals surface area contributed by atoms with E-state index in [2.05, 4.69) is 11.0 Å². The molecule has 0 fully saturated rings. The number of para-hydroxylation sites is 1. The van der Waals surface area contributed by atoms with Gasteiger partial charge in [0.2, 0.25) is 0 Å². The number of aliphatic hydroxyl groups is 1. The second-order valence-electron chi connectivity index (χ2n) is 7.49. The van der Waals surface area contributed by atoms with Crippen molar-refractivity contribution in [3.63, 3.8) is 0 Å². The molecule has 146 valence electrons. The third-order valence-corrected chi connectivity index (χ3v) is 5.86. The number of fused-ring (bicyclic) bond motifs is 2. The highest BCUT2D eigenvalue weighted by molar-refractivity contribution is 5.97. The zero-order valence-corrected chi connectivity index (χ0v) is 16.2. The fourth-order valence-electron chi connectivity index (χ4n) is 4.43. The molecule has 2 aliphatic rings. The molecule has 0 radical (unpaired) electrons. The summed E-state index contributed by atoms with van der Waals surface area (Å²) < 4.78 is 20.9. The van der Waals surface area contributed by atoms with Crippen molar-refractivity contribution in [2.24, 2.45) is 0 Å². The lowest BCUT2D eigenvalue weighted by atomic mass is 9.98. The molecule has 1 N–H and O–H groups in total. The van der Waals surface area contributed by atoms with E-state index in [-0.39, 0.29) is 5.82 Å². The summed E-state index contributed by atoms with van der Waals surface area (Å²) in [5.41, 5.74) is 2.57. The molecule has 0 aliphatic carbocycles. The molecule has 0 spiro atoms. The molecule has 0 saturated heterocycles. The summed E-state index contributed by atoms with van der Waals surface area (Å²) >= 11 is 0.